The van der Waals surface area contributed by atoms with Crippen LogP contribution in [0.5, 0.6) is 5.75 Å². The molecule has 0 fully saturated rings. The minimum Gasteiger partial charge on any atom is -0.495 e. The smallest absolute Gasteiger partial charge is 0.137 e. The van der Waals surface area contributed by atoms with Crippen LogP contribution in [0.1, 0.15) is 25.1 Å². The van der Waals surface area contributed by atoms with Crippen molar-refractivity contribution in [3.05, 3.63) is 24.0 Å². The molecule has 0 spiro atoms. The lowest BCUT2D eigenvalue weighted by atomic mass is 10.1. The van der Waals surface area contributed by atoms with Crippen LogP contribution >= 0.6 is 0 Å². The van der Waals surface area contributed by atoms with Crippen LogP contribution in [0, 0.1) is 0 Å². The molecular weight excluding hydrogens is 152 g/mol. The highest BCUT2D eigenvalue weighted by molar-refractivity contribution is 5.21. The molecule has 12 heavy (non-hydrogen) atoms. The molecule has 2 N–H and O–H groups in total. The highest BCUT2D eigenvalue weighted by Crippen LogP contribution is 2.14. The molecular formula is C9H14N2O. The average Bonchev–Trinajstić information content (AvgIpc) is 2.17. The van der Waals surface area contributed by atoms with Gasteiger partial charge in [-0.2, -0.15) is 0 Å². The predicted molar refractivity (Wildman–Crippen MR) is 48.0 cm³/mol. The van der Waals surface area contributed by atoms with Crippen molar-refractivity contribution in [2.45, 2.75) is 19.4 Å². The van der Waals surface area contributed by atoms with Crippen molar-refractivity contribution >= 4 is 0 Å². The molecule has 0 saturated heterocycles. The first kappa shape index (κ1) is 9.00. The predicted octanol–water partition coefficient (Wildman–Crippen LogP) is 1.50. The molecule has 1 rings (SSSR count). The maximum atomic E-state index is 5.78. The minimum absolute atomic E-state index is 0.0379. The monoisotopic (exact) mass is 166 g/mol. The van der Waals surface area contributed by atoms with Gasteiger partial charge in [0.05, 0.1) is 19.0 Å². The zero-order chi connectivity index (χ0) is 8.97. The van der Waals surface area contributed by atoms with Gasteiger partial charge in [0.2, 0.25) is 0 Å². The number of nitrogens with two attached hydrogens (primary N) is 1. The Hall–Kier alpha value is -1.09. The zero-order valence-corrected chi connectivity index (χ0v) is 7.45. The van der Waals surface area contributed by atoms with Crippen molar-refractivity contribution in [3.63, 3.8) is 0 Å². The Labute approximate surface area is 72.6 Å². The van der Waals surface area contributed by atoms with Crippen LogP contribution in [0.3, 0.4) is 0 Å². The molecule has 0 bridgehead atoms. The Balaban J connectivity index is 2.77. The largest absolute Gasteiger partial charge is 0.495 e. The quantitative estimate of drug-likeness (QED) is 0.740. The third-order valence-corrected chi connectivity index (χ3v) is 1.81. The molecule has 0 saturated carbocycles. The van der Waals surface area contributed by atoms with Gasteiger partial charge in [0.1, 0.15) is 5.75 Å². The van der Waals surface area contributed by atoms with E-state index in [1.165, 1.54) is 0 Å². The third-order valence-electron chi connectivity index (χ3n) is 1.81. The van der Waals surface area contributed by atoms with Gasteiger partial charge < -0.3 is 10.5 Å². The van der Waals surface area contributed by atoms with E-state index in [0.717, 1.165) is 17.9 Å². The second-order valence-corrected chi connectivity index (χ2v) is 2.64. The molecule has 0 amide bonds. The van der Waals surface area contributed by atoms with E-state index in [1.807, 2.05) is 19.1 Å². The van der Waals surface area contributed by atoms with Gasteiger partial charge in [0.15, 0.2) is 0 Å². The number of hydrogen-bond donors (Lipinski definition) is 1. The maximum Gasteiger partial charge on any atom is 0.137 e. The Morgan fingerprint density at radius 1 is 1.58 bits per heavy atom. The molecule has 1 heterocycles. The van der Waals surface area contributed by atoms with Gasteiger partial charge in [-0.05, 0) is 18.6 Å². The molecule has 3 heteroatoms. The van der Waals surface area contributed by atoms with E-state index in [0.29, 0.717) is 0 Å². The fraction of sp³-hybridized carbons (Fsp3) is 0.444. The van der Waals surface area contributed by atoms with E-state index < -0.39 is 0 Å². The average molecular weight is 166 g/mol. The molecule has 0 unspecified atom stereocenters. The van der Waals surface area contributed by atoms with Gasteiger partial charge >= 0.3 is 0 Å². The van der Waals surface area contributed by atoms with Gasteiger partial charge in [-0.15, -0.1) is 0 Å². The first-order valence-electron chi connectivity index (χ1n) is 4.03. The summed E-state index contributed by atoms with van der Waals surface area (Å²) in [6.07, 6.45) is 2.59. The summed E-state index contributed by atoms with van der Waals surface area (Å²) in [5.74, 6) is 0.766. The fourth-order valence-corrected chi connectivity index (χ4v) is 0.941. The van der Waals surface area contributed by atoms with Gasteiger partial charge in [-0.1, -0.05) is 6.92 Å². The SMILES string of the molecule is CC[C@H](N)c1ccc(OC)cn1. The van der Waals surface area contributed by atoms with Gasteiger partial charge in [-0.25, -0.2) is 0 Å². The van der Waals surface area contributed by atoms with E-state index >= 15 is 0 Å². The second kappa shape index (κ2) is 4.07. The van der Waals surface area contributed by atoms with Gasteiger partial charge in [0.25, 0.3) is 0 Å². The van der Waals surface area contributed by atoms with Crippen LogP contribution in [-0.2, 0) is 0 Å². The molecule has 0 aromatic carbocycles. The van der Waals surface area contributed by atoms with Crippen molar-refractivity contribution in [2.75, 3.05) is 7.11 Å². The van der Waals surface area contributed by atoms with Crippen LogP contribution in [-0.4, -0.2) is 12.1 Å². The number of hydrogen-bond acceptors (Lipinski definition) is 3. The zero-order valence-electron chi connectivity index (χ0n) is 7.45. The molecule has 1 atom stereocenters. The van der Waals surface area contributed by atoms with Crippen molar-refractivity contribution in [1.29, 1.82) is 0 Å². The second-order valence-electron chi connectivity index (χ2n) is 2.64. The highest BCUT2D eigenvalue weighted by Gasteiger charge is 2.03. The van der Waals surface area contributed by atoms with E-state index in [-0.39, 0.29) is 6.04 Å². The summed E-state index contributed by atoms with van der Waals surface area (Å²) in [4.78, 5) is 4.17. The standard InChI is InChI=1S/C9H14N2O/c1-3-8(10)9-5-4-7(12-2)6-11-9/h4-6,8H,3,10H2,1-2H3/t8-/m0/s1. The summed E-state index contributed by atoms with van der Waals surface area (Å²) in [6, 6.07) is 3.81. The van der Waals surface area contributed by atoms with Gasteiger partial charge in [-0.3, -0.25) is 4.98 Å². The van der Waals surface area contributed by atoms with E-state index in [4.69, 9.17) is 10.5 Å². The van der Waals surface area contributed by atoms with Crippen LogP contribution in [0.2, 0.25) is 0 Å². The number of methoxy groups -OCH3 is 1. The number of aromatic nitrogens is 1. The first-order chi connectivity index (χ1) is 5.77. The summed E-state index contributed by atoms with van der Waals surface area (Å²) in [5, 5.41) is 0. The van der Waals surface area contributed by atoms with Crippen LogP contribution in [0.25, 0.3) is 0 Å². The number of pyridine rings is 1. The van der Waals surface area contributed by atoms with E-state index in [9.17, 15) is 0 Å². The van der Waals surface area contributed by atoms with Crippen molar-refractivity contribution in [3.8, 4) is 5.75 Å². The summed E-state index contributed by atoms with van der Waals surface area (Å²) < 4.78 is 4.98. The maximum absolute atomic E-state index is 5.78. The topological polar surface area (TPSA) is 48.1 Å². The van der Waals surface area contributed by atoms with Crippen molar-refractivity contribution in [1.82, 2.24) is 4.98 Å². The summed E-state index contributed by atoms with van der Waals surface area (Å²) in [7, 11) is 1.62. The molecule has 66 valence electrons. The van der Waals surface area contributed by atoms with E-state index in [2.05, 4.69) is 4.98 Å². The summed E-state index contributed by atoms with van der Waals surface area (Å²) >= 11 is 0. The Morgan fingerprint density at radius 3 is 2.75 bits per heavy atom. The van der Waals surface area contributed by atoms with Crippen molar-refractivity contribution < 1.29 is 4.74 Å². The molecule has 0 aliphatic carbocycles. The number of rotatable bonds is 3. The molecule has 0 radical (unpaired) electrons. The lowest BCUT2D eigenvalue weighted by molar-refractivity contribution is 0.412. The lowest BCUT2D eigenvalue weighted by Gasteiger charge is -2.07. The van der Waals surface area contributed by atoms with Crippen molar-refractivity contribution in [2.24, 2.45) is 5.73 Å². The highest BCUT2D eigenvalue weighted by atomic mass is 16.5. The molecule has 0 aliphatic rings. The normalized spacial score (nSPS) is 12.6. The molecule has 3 nitrogen and oxygen atoms in total. The van der Waals surface area contributed by atoms with E-state index in [1.54, 1.807) is 13.3 Å². The van der Waals surface area contributed by atoms with Gasteiger partial charge in [0, 0.05) is 6.04 Å². The lowest BCUT2D eigenvalue weighted by Crippen LogP contribution is -2.10. The van der Waals surface area contributed by atoms with Crippen LogP contribution in [0.15, 0.2) is 18.3 Å². The molecule has 1 aromatic rings. The minimum atomic E-state index is 0.0379. The van der Waals surface area contributed by atoms with Crippen LogP contribution in [0.4, 0.5) is 0 Å². The Bertz CT molecular complexity index is 233. The Kier molecular flexibility index (Phi) is 3.05. The Morgan fingerprint density at radius 2 is 2.33 bits per heavy atom. The molecule has 1 aromatic heterocycles. The summed E-state index contributed by atoms with van der Waals surface area (Å²) in [5.41, 5.74) is 6.70. The number of nitrogens with zero attached hydrogens (tertiary/aromatic N) is 1. The van der Waals surface area contributed by atoms with Crippen LogP contribution < -0.4 is 10.5 Å². The fourth-order valence-electron chi connectivity index (χ4n) is 0.941. The first-order valence-corrected chi connectivity index (χ1v) is 4.03. The molecule has 0 aliphatic heterocycles. The third kappa shape index (κ3) is 1.95. The number of ether oxygens (including phenoxy) is 1. The summed E-state index contributed by atoms with van der Waals surface area (Å²) in [6.45, 7) is 2.04.